The van der Waals surface area contributed by atoms with Gasteiger partial charge >= 0.3 is 0 Å². The molecule has 0 aliphatic heterocycles. The Labute approximate surface area is 115 Å². The van der Waals surface area contributed by atoms with Gasteiger partial charge in [-0.25, -0.2) is 0 Å². The van der Waals surface area contributed by atoms with Gasteiger partial charge in [-0.15, -0.1) is 0 Å². The van der Waals surface area contributed by atoms with Gasteiger partial charge in [-0.05, 0) is 48.7 Å². The molecule has 2 aromatic rings. The lowest BCUT2D eigenvalue weighted by atomic mass is 9.95. The van der Waals surface area contributed by atoms with Crippen LogP contribution in [0.25, 0.3) is 0 Å². The van der Waals surface area contributed by atoms with E-state index in [1.54, 1.807) is 14.2 Å². The smallest absolute Gasteiger partial charge is 0.122 e. The topological polar surface area (TPSA) is 18.5 Å². The van der Waals surface area contributed by atoms with Crippen molar-refractivity contribution in [3.05, 3.63) is 58.7 Å². The average Bonchev–Trinajstić information content (AvgIpc) is 2.42. The summed E-state index contributed by atoms with van der Waals surface area (Å²) in [4.78, 5) is 0. The Hall–Kier alpha value is -1.96. The first-order valence-electron chi connectivity index (χ1n) is 6.41. The maximum absolute atomic E-state index is 5.44. The minimum atomic E-state index is 0.860. The predicted octanol–water partition coefficient (Wildman–Crippen LogP) is 3.91. The van der Waals surface area contributed by atoms with E-state index >= 15 is 0 Å². The van der Waals surface area contributed by atoms with E-state index in [4.69, 9.17) is 9.47 Å². The summed E-state index contributed by atoms with van der Waals surface area (Å²) in [6, 6.07) is 12.3. The first kappa shape index (κ1) is 13.5. The summed E-state index contributed by atoms with van der Waals surface area (Å²) >= 11 is 0. The highest BCUT2D eigenvalue weighted by Gasteiger charge is 2.09. The van der Waals surface area contributed by atoms with Crippen molar-refractivity contribution in [1.82, 2.24) is 0 Å². The molecule has 0 amide bonds. The quantitative estimate of drug-likeness (QED) is 0.825. The van der Waals surface area contributed by atoms with Gasteiger partial charge in [0.2, 0.25) is 0 Å². The first-order valence-corrected chi connectivity index (χ1v) is 6.41. The van der Waals surface area contributed by atoms with Gasteiger partial charge in [-0.2, -0.15) is 0 Å². The van der Waals surface area contributed by atoms with Crippen molar-refractivity contribution in [2.45, 2.75) is 20.3 Å². The van der Waals surface area contributed by atoms with Crippen LogP contribution in [0.2, 0.25) is 0 Å². The van der Waals surface area contributed by atoms with Gasteiger partial charge in [0.25, 0.3) is 0 Å². The lowest BCUT2D eigenvalue weighted by molar-refractivity contribution is 0.399. The largest absolute Gasteiger partial charge is 0.497 e. The van der Waals surface area contributed by atoms with E-state index in [0.717, 1.165) is 23.5 Å². The number of aryl methyl sites for hydroxylation is 2. The Kier molecular flexibility index (Phi) is 4.10. The zero-order valence-electron chi connectivity index (χ0n) is 12.0. The Morgan fingerprint density at radius 3 is 2.16 bits per heavy atom. The zero-order valence-corrected chi connectivity index (χ0v) is 12.0. The fourth-order valence-electron chi connectivity index (χ4n) is 2.34. The highest BCUT2D eigenvalue weighted by molar-refractivity contribution is 5.46. The number of rotatable bonds is 4. The number of hydrogen-bond acceptors (Lipinski definition) is 2. The molecule has 0 aliphatic carbocycles. The number of hydrogen-bond donors (Lipinski definition) is 0. The molecular formula is C17H20O2. The minimum Gasteiger partial charge on any atom is -0.497 e. The number of methoxy groups -OCH3 is 2. The van der Waals surface area contributed by atoms with Crippen LogP contribution in [0.5, 0.6) is 11.5 Å². The third-order valence-electron chi connectivity index (χ3n) is 3.50. The molecule has 0 saturated carbocycles. The van der Waals surface area contributed by atoms with Gasteiger partial charge in [-0.1, -0.05) is 18.2 Å². The molecule has 100 valence electrons. The SMILES string of the molecule is COc1ccc(OC)c(Cc2c(C)cccc2C)c1. The molecule has 2 heteroatoms. The van der Waals surface area contributed by atoms with Crippen LogP contribution in [0.3, 0.4) is 0 Å². The van der Waals surface area contributed by atoms with Gasteiger partial charge in [0, 0.05) is 12.0 Å². The normalized spacial score (nSPS) is 10.3. The molecule has 0 heterocycles. The molecule has 2 rings (SSSR count). The van der Waals surface area contributed by atoms with Crippen LogP contribution in [-0.2, 0) is 6.42 Å². The van der Waals surface area contributed by atoms with Crippen molar-refractivity contribution in [2.75, 3.05) is 14.2 Å². The molecule has 0 atom stereocenters. The molecule has 0 fully saturated rings. The summed E-state index contributed by atoms with van der Waals surface area (Å²) < 4.78 is 10.7. The second kappa shape index (κ2) is 5.79. The third-order valence-corrected chi connectivity index (χ3v) is 3.50. The highest BCUT2D eigenvalue weighted by atomic mass is 16.5. The molecule has 0 unspecified atom stereocenters. The number of benzene rings is 2. The standard InChI is InChI=1S/C17H20O2/c1-12-6-5-7-13(2)16(12)11-14-10-15(18-3)8-9-17(14)19-4/h5-10H,11H2,1-4H3. The summed E-state index contributed by atoms with van der Waals surface area (Å²) in [5.41, 5.74) is 5.13. The van der Waals surface area contributed by atoms with Crippen LogP contribution in [0.1, 0.15) is 22.3 Å². The van der Waals surface area contributed by atoms with Gasteiger partial charge in [0.1, 0.15) is 11.5 Å². The molecule has 0 aromatic heterocycles. The summed E-state index contributed by atoms with van der Waals surface area (Å²) in [6.45, 7) is 4.30. The lowest BCUT2D eigenvalue weighted by Crippen LogP contribution is -1.99. The first-order chi connectivity index (χ1) is 9.15. The molecule has 0 aliphatic rings. The predicted molar refractivity (Wildman–Crippen MR) is 78.3 cm³/mol. The maximum Gasteiger partial charge on any atom is 0.122 e. The minimum absolute atomic E-state index is 0.860. The second-order valence-corrected chi connectivity index (χ2v) is 4.72. The van der Waals surface area contributed by atoms with Crippen LogP contribution in [0, 0.1) is 13.8 Å². The molecule has 0 bridgehead atoms. The summed E-state index contributed by atoms with van der Waals surface area (Å²) in [6.07, 6.45) is 0.860. The Morgan fingerprint density at radius 2 is 1.58 bits per heavy atom. The molecule has 2 aromatic carbocycles. The van der Waals surface area contributed by atoms with E-state index in [0.29, 0.717) is 0 Å². The van der Waals surface area contributed by atoms with E-state index in [1.807, 2.05) is 18.2 Å². The molecular weight excluding hydrogens is 236 g/mol. The van der Waals surface area contributed by atoms with Crippen molar-refractivity contribution in [2.24, 2.45) is 0 Å². The Balaban J connectivity index is 2.42. The van der Waals surface area contributed by atoms with Crippen molar-refractivity contribution in [1.29, 1.82) is 0 Å². The number of ether oxygens (including phenoxy) is 2. The van der Waals surface area contributed by atoms with E-state index < -0.39 is 0 Å². The van der Waals surface area contributed by atoms with Crippen LogP contribution in [0.4, 0.5) is 0 Å². The van der Waals surface area contributed by atoms with Crippen molar-refractivity contribution < 1.29 is 9.47 Å². The fraction of sp³-hybridized carbons (Fsp3) is 0.294. The second-order valence-electron chi connectivity index (χ2n) is 4.72. The summed E-state index contributed by atoms with van der Waals surface area (Å²) in [5.74, 6) is 1.77. The van der Waals surface area contributed by atoms with E-state index in [9.17, 15) is 0 Å². The van der Waals surface area contributed by atoms with Crippen LogP contribution in [-0.4, -0.2) is 14.2 Å². The van der Waals surface area contributed by atoms with Crippen LogP contribution >= 0.6 is 0 Å². The summed E-state index contributed by atoms with van der Waals surface area (Å²) in [5, 5.41) is 0. The van der Waals surface area contributed by atoms with Crippen molar-refractivity contribution in [3.63, 3.8) is 0 Å². The van der Waals surface area contributed by atoms with E-state index in [2.05, 4.69) is 32.0 Å². The van der Waals surface area contributed by atoms with Gasteiger partial charge in [0.15, 0.2) is 0 Å². The van der Waals surface area contributed by atoms with E-state index in [1.165, 1.54) is 16.7 Å². The zero-order chi connectivity index (χ0) is 13.8. The Bertz CT molecular complexity index is 553. The fourth-order valence-corrected chi connectivity index (χ4v) is 2.34. The van der Waals surface area contributed by atoms with Gasteiger partial charge < -0.3 is 9.47 Å². The molecule has 0 spiro atoms. The molecule has 0 N–H and O–H groups in total. The maximum atomic E-state index is 5.44. The van der Waals surface area contributed by atoms with Crippen molar-refractivity contribution in [3.8, 4) is 11.5 Å². The van der Waals surface area contributed by atoms with Crippen LogP contribution < -0.4 is 9.47 Å². The molecule has 0 saturated heterocycles. The Morgan fingerprint density at radius 1 is 0.895 bits per heavy atom. The molecule has 19 heavy (non-hydrogen) atoms. The van der Waals surface area contributed by atoms with Gasteiger partial charge in [0.05, 0.1) is 14.2 Å². The van der Waals surface area contributed by atoms with Crippen molar-refractivity contribution >= 4 is 0 Å². The third kappa shape index (κ3) is 2.90. The molecule has 0 radical (unpaired) electrons. The average molecular weight is 256 g/mol. The van der Waals surface area contributed by atoms with E-state index in [-0.39, 0.29) is 0 Å². The van der Waals surface area contributed by atoms with Crippen LogP contribution in [0.15, 0.2) is 36.4 Å². The lowest BCUT2D eigenvalue weighted by Gasteiger charge is -2.13. The molecule has 2 nitrogen and oxygen atoms in total. The highest BCUT2D eigenvalue weighted by Crippen LogP contribution is 2.28. The van der Waals surface area contributed by atoms with Gasteiger partial charge in [-0.3, -0.25) is 0 Å². The monoisotopic (exact) mass is 256 g/mol. The summed E-state index contributed by atoms with van der Waals surface area (Å²) in [7, 11) is 3.39.